The van der Waals surface area contributed by atoms with Gasteiger partial charge in [0.1, 0.15) is 6.67 Å². The third-order valence-electron chi connectivity index (χ3n) is 2.36. The first-order valence-electron chi connectivity index (χ1n) is 5.14. The minimum absolute atomic E-state index is 0.188. The van der Waals surface area contributed by atoms with Gasteiger partial charge in [-0.1, -0.05) is 0 Å². The smallest absolute Gasteiger partial charge is 0.117 e. The maximum Gasteiger partial charge on any atom is 0.117 e. The van der Waals surface area contributed by atoms with Crippen molar-refractivity contribution in [1.82, 2.24) is 4.90 Å². The molecule has 1 heterocycles. The molecule has 3 nitrogen and oxygen atoms in total. The Labute approximate surface area is 84.9 Å². The normalized spacial score (nSPS) is 25.7. The summed E-state index contributed by atoms with van der Waals surface area (Å²) in [6.45, 7) is 6.15. The van der Waals surface area contributed by atoms with Crippen LogP contribution in [0.25, 0.3) is 0 Å². The van der Waals surface area contributed by atoms with Crippen molar-refractivity contribution in [2.24, 2.45) is 0 Å². The van der Waals surface area contributed by atoms with E-state index in [9.17, 15) is 9.50 Å². The molecule has 0 aromatic rings. The summed E-state index contributed by atoms with van der Waals surface area (Å²) in [4.78, 5) is 2.07. The predicted molar refractivity (Wildman–Crippen MR) is 53.1 cm³/mol. The highest BCUT2D eigenvalue weighted by molar-refractivity contribution is 4.78. The highest BCUT2D eigenvalue weighted by Crippen LogP contribution is 2.16. The van der Waals surface area contributed by atoms with Crippen LogP contribution in [0.5, 0.6) is 0 Å². The zero-order chi connectivity index (χ0) is 10.6. The zero-order valence-electron chi connectivity index (χ0n) is 9.00. The van der Waals surface area contributed by atoms with Gasteiger partial charge in [0.15, 0.2) is 0 Å². The van der Waals surface area contributed by atoms with Gasteiger partial charge in [0.2, 0.25) is 0 Å². The summed E-state index contributed by atoms with van der Waals surface area (Å²) in [5.74, 6) is 0. The van der Waals surface area contributed by atoms with Gasteiger partial charge in [-0.05, 0) is 20.3 Å². The van der Waals surface area contributed by atoms with Crippen molar-refractivity contribution in [1.29, 1.82) is 0 Å². The van der Waals surface area contributed by atoms with E-state index in [1.54, 1.807) is 0 Å². The number of alkyl halides is 1. The molecule has 84 valence electrons. The Morgan fingerprint density at radius 2 is 2.29 bits per heavy atom. The average molecular weight is 205 g/mol. The quantitative estimate of drug-likeness (QED) is 0.740. The van der Waals surface area contributed by atoms with E-state index >= 15 is 0 Å². The molecule has 1 aliphatic rings. The van der Waals surface area contributed by atoms with Crippen LogP contribution in [-0.4, -0.2) is 54.6 Å². The van der Waals surface area contributed by atoms with Crippen LogP contribution in [0.2, 0.25) is 0 Å². The van der Waals surface area contributed by atoms with Crippen LogP contribution in [-0.2, 0) is 4.74 Å². The molecule has 0 bridgehead atoms. The highest BCUT2D eigenvalue weighted by atomic mass is 19.1. The number of hydrogen-bond donors (Lipinski definition) is 1. The standard InChI is InChI=1S/C10H20FNO2/c1-10(2)8-12(4-3-5-14-10)7-9(13)6-11/h9,13H,3-8H2,1-2H3. The van der Waals surface area contributed by atoms with Crippen LogP contribution in [0.4, 0.5) is 4.39 Å². The van der Waals surface area contributed by atoms with Crippen LogP contribution < -0.4 is 0 Å². The first-order chi connectivity index (χ1) is 6.53. The van der Waals surface area contributed by atoms with E-state index in [1.165, 1.54) is 0 Å². The second kappa shape index (κ2) is 5.05. The summed E-state index contributed by atoms with van der Waals surface area (Å²) < 4.78 is 17.7. The molecule has 1 fully saturated rings. The predicted octanol–water partition coefficient (Wildman–Crippen LogP) is 0.818. The summed E-state index contributed by atoms with van der Waals surface area (Å²) in [7, 11) is 0. The van der Waals surface area contributed by atoms with Gasteiger partial charge in [0.05, 0.1) is 11.7 Å². The molecule has 4 heteroatoms. The highest BCUT2D eigenvalue weighted by Gasteiger charge is 2.26. The topological polar surface area (TPSA) is 32.7 Å². The van der Waals surface area contributed by atoms with Gasteiger partial charge in [-0.2, -0.15) is 0 Å². The summed E-state index contributed by atoms with van der Waals surface area (Å²) in [5.41, 5.74) is -0.188. The monoisotopic (exact) mass is 205 g/mol. The van der Waals surface area contributed by atoms with Crippen molar-refractivity contribution < 1.29 is 14.2 Å². The SMILES string of the molecule is CC1(C)CN(CC(O)CF)CCCO1. The molecule has 0 spiro atoms. The minimum Gasteiger partial charge on any atom is -0.389 e. The zero-order valence-corrected chi connectivity index (χ0v) is 9.00. The number of nitrogens with zero attached hydrogens (tertiary/aromatic N) is 1. The molecule has 1 N–H and O–H groups in total. The van der Waals surface area contributed by atoms with Crippen molar-refractivity contribution in [3.63, 3.8) is 0 Å². The van der Waals surface area contributed by atoms with Crippen molar-refractivity contribution in [2.75, 3.05) is 32.9 Å². The van der Waals surface area contributed by atoms with E-state index in [4.69, 9.17) is 4.74 Å². The lowest BCUT2D eigenvalue weighted by Gasteiger charge is -2.29. The summed E-state index contributed by atoms with van der Waals surface area (Å²) in [6.07, 6.45) is 0.0894. The van der Waals surface area contributed by atoms with E-state index in [-0.39, 0.29) is 5.60 Å². The molecule has 14 heavy (non-hydrogen) atoms. The average Bonchev–Trinajstić information content (AvgIpc) is 2.26. The Balaban J connectivity index is 2.43. The maximum atomic E-state index is 12.1. The lowest BCUT2D eigenvalue weighted by Crippen LogP contribution is -2.42. The summed E-state index contributed by atoms with van der Waals surface area (Å²) >= 11 is 0. The van der Waals surface area contributed by atoms with E-state index in [2.05, 4.69) is 4.90 Å². The Morgan fingerprint density at radius 3 is 2.93 bits per heavy atom. The molecule has 1 atom stereocenters. The number of rotatable bonds is 3. The van der Waals surface area contributed by atoms with Gasteiger partial charge < -0.3 is 9.84 Å². The first-order valence-corrected chi connectivity index (χ1v) is 5.14. The Kier molecular flexibility index (Phi) is 4.29. The molecule has 0 aliphatic carbocycles. The molecular formula is C10H20FNO2. The van der Waals surface area contributed by atoms with Crippen molar-refractivity contribution in [2.45, 2.75) is 32.0 Å². The molecule has 0 amide bonds. The number of hydrogen-bond acceptors (Lipinski definition) is 3. The van der Waals surface area contributed by atoms with Gasteiger partial charge in [0, 0.05) is 26.2 Å². The van der Waals surface area contributed by atoms with Gasteiger partial charge in [0.25, 0.3) is 0 Å². The van der Waals surface area contributed by atoms with Crippen LogP contribution in [0, 0.1) is 0 Å². The second-order valence-corrected chi connectivity index (χ2v) is 4.50. The number of halogens is 1. The van der Waals surface area contributed by atoms with Crippen LogP contribution in [0.3, 0.4) is 0 Å². The Bertz CT molecular complexity index is 176. The van der Waals surface area contributed by atoms with Crippen molar-refractivity contribution in [3.8, 4) is 0 Å². The van der Waals surface area contributed by atoms with Crippen LogP contribution >= 0.6 is 0 Å². The second-order valence-electron chi connectivity index (χ2n) is 4.50. The molecule has 1 rings (SSSR count). The van der Waals surface area contributed by atoms with Crippen molar-refractivity contribution >= 4 is 0 Å². The van der Waals surface area contributed by atoms with E-state index in [0.717, 1.165) is 26.1 Å². The van der Waals surface area contributed by atoms with Gasteiger partial charge in [-0.25, -0.2) is 4.39 Å². The van der Waals surface area contributed by atoms with Crippen LogP contribution in [0.15, 0.2) is 0 Å². The minimum atomic E-state index is -0.858. The third kappa shape index (κ3) is 3.90. The molecule has 0 aromatic carbocycles. The number of β-amino-alcohol motifs (C(OH)–C–C–N with tert-alkyl or cyclic N) is 1. The fourth-order valence-electron chi connectivity index (χ4n) is 1.80. The van der Waals surface area contributed by atoms with Gasteiger partial charge >= 0.3 is 0 Å². The van der Waals surface area contributed by atoms with Gasteiger partial charge in [-0.15, -0.1) is 0 Å². The Hall–Kier alpha value is -0.190. The van der Waals surface area contributed by atoms with E-state index in [0.29, 0.717) is 6.54 Å². The fraction of sp³-hybridized carbons (Fsp3) is 1.00. The molecule has 0 aromatic heterocycles. The molecule has 1 unspecified atom stereocenters. The molecule has 0 radical (unpaired) electrons. The number of ether oxygens (including phenoxy) is 1. The van der Waals surface area contributed by atoms with Gasteiger partial charge in [-0.3, -0.25) is 4.90 Å². The van der Waals surface area contributed by atoms with Crippen LogP contribution in [0.1, 0.15) is 20.3 Å². The molecule has 1 saturated heterocycles. The first kappa shape index (κ1) is 11.9. The molecular weight excluding hydrogens is 185 g/mol. The number of aliphatic hydroxyl groups is 1. The lowest BCUT2D eigenvalue weighted by molar-refractivity contribution is -0.0225. The van der Waals surface area contributed by atoms with Crippen molar-refractivity contribution in [3.05, 3.63) is 0 Å². The largest absolute Gasteiger partial charge is 0.389 e. The Morgan fingerprint density at radius 1 is 1.57 bits per heavy atom. The molecule has 0 saturated carbocycles. The number of aliphatic hydroxyl groups excluding tert-OH is 1. The van der Waals surface area contributed by atoms with E-state index < -0.39 is 12.8 Å². The summed E-state index contributed by atoms with van der Waals surface area (Å²) in [6, 6.07) is 0. The molecule has 1 aliphatic heterocycles. The lowest BCUT2D eigenvalue weighted by atomic mass is 10.1. The van der Waals surface area contributed by atoms with E-state index in [1.807, 2.05) is 13.8 Å². The fourth-order valence-corrected chi connectivity index (χ4v) is 1.80. The summed E-state index contributed by atoms with van der Waals surface area (Å²) in [5, 5.41) is 9.21. The maximum absolute atomic E-state index is 12.1. The third-order valence-corrected chi connectivity index (χ3v) is 2.36.